The van der Waals surface area contributed by atoms with E-state index >= 15 is 0 Å². The fourth-order valence-electron chi connectivity index (χ4n) is 4.15. The first-order chi connectivity index (χ1) is 14.0. The highest BCUT2D eigenvalue weighted by Crippen LogP contribution is 2.30. The van der Waals surface area contributed by atoms with Crippen molar-refractivity contribution in [1.82, 2.24) is 15.5 Å². The third-order valence-electron chi connectivity index (χ3n) is 6.16. The Morgan fingerprint density at radius 1 is 1.28 bits per heavy atom. The predicted molar refractivity (Wildman–Crippen MR) is 110 cm³/mol. The van der Waals surface area contributed by atoms with Crippen molar-refractivity contribution in [2.24, 2.45) is 11.8 Å². The summed E-state index contributed by atoms with van der Waals surface area (Å²) in [5, 5.41) is 6.91. The van der Waals surface area contributed by atoms with Crippen molar-refractivity contribution in [3.63, 3.8) is 0 Å². The first kappa shape index (κ1) is 19.7. The molecule has 1 amide bonds. The maximum atomic E-state index is 11.6. The van der Waals surface area contributed by atoms with E-state index < -0.39 is 0 Å². The number of rotatable bonds is 7. The first-order valence-corrected chi connectivity index (χ1v) is 10.6. The number of carbonyl (C=O) groups excluding carboxylic acids is 1. The minimum absolute atomic E-state index is 0.00692. The van der Waals surface area contributed by atoms with Gasteiger partial charge in [-0.25, -0.2) is 0 Å². The predicted octanol–water partition coefficient (Wildman–Crippen LogP) is 3.76. The molecule has 0 radical (unpaired) electrons. The molecule has 4 rings (SSSR count). The lowest BCUT2D eigenvalue weighted by Gasteiger charge is -2.33. The summed E-state index contributed by atoms with van der Waals surface area (Å²) in [6.45, 7) is 9.68. The summed E-state index contributed by atoms with van der Waals surface area (Å²) in [6, 6.07) is 6.39. The molecule has 0 bridgehead atoms. The van der Waals surface area contributed by atoms with E-state index in [0.717, 1.165) is 55.1 Å². The maximum Gasteiger partial charge on any atom is 0.324 e. The number of ether oxygens (including phenoxy) is 1. The largest absolute Gasteiger partial charge is 0.494 e. The fourth-order valence-corrected chi connectivity index (χ4v) is 4.15. The van der Waals surface area contributed by atoms with Crippen molar-refractivity contribution < 1.29 is 14.1 Å². The summed E-state index contributed by atoms with van der Waals surface area (Å²) in [4.78, 5) is 18.4. The van der Waals surface area contributed by atoms with Crippen LogP contribution in [0.1, 0.15) is 67.7 Å². The highest BCUT2D eigenvalue weighted by Gasteiger charge is 2.27. The van der Waals surface area contributed by atoms with Crippen molar-refractivity contribution >= 4 is 11.9 Å². The molecule has 1 N–H and O–H groups in total. The Balaban J connectivity index is 1.22. The molecule has 0 aliphatic carbocycles. The molecule has 0 unspecified atom stereocenters. The van der Waals surface area contributed by atoms with Crippen LogP contribution in [0.15, 0.2) is 22.7 Å². The molecule has 2 aliphatic heterocycles. The average molecular weight is 399 g/mol. The van der Waals surface area contributed by atoms with Gasteiger partial charge in [0.05, 0.1) is 6.61 Å². The summed E-state index contributed by atoms with van der Waals surface area (Å²) in [5.41, 5.74) is 1.79. The van der Waals surface area contributed by atoms with Crippen LogP contribution < -0.4 is 15.0 Å². The van der Waals surface area contributed by atoms with Crippen LogP contribution in [0, 0.1) is 11.8 Å². The molecule has 7 heteroatoms. The molecule has 156 valence electrons. The van der Waals surface area contributed by atoms with Crippen molar-refractivity contribution in [2.45, 2.75) is 52.5 Å². The summed E-state index contributed by atoms with van der Waals surface area (Å²) in [7, 11) is 0. The van der Waals surface area contributed by atoms with Gasteiger partial charge in [-0.05, 0) is 54.9 Å². The lowest BCUT2D eigenvalue weighted by molar-refractivity contribution is 0.0965. The van der Waals surface area contributed by atoms with Gasteiger partial charge in [0.15, 0.2) is 5.82 Å². The summed E-state index contributed by atoms with van der Waals surface area (Å²) in [6.07, 6.45) is 3.29. The second kappa shape index (κ2) is 8.43. The molecule has 7 nitrogen and oxygen atoms in total. The van der Waals surface area contributed by atoms with Crippen LogP contribution in [-0.2, 0) is 6.54 Å². The van der Waals surface area contributed by atoms with E-state index in [9.17, 15) is 4.79 Å². The zero-order valence-electron chi connectivity index (χ0n) is 17.5. The Morgan fingerprint density at radius 2 is 2.07 bits per heavy atom. The molecule has 1 saturated heterocycles. The maximum absolute atomic E-state index is 11.6. The van der Waals surface area contributed by atoms with Crippen LogP contribution in [0.4, 0.5) is 6.01 Å². The Labute approximate surface area is 171 Å². The molecular weight excluding hydrogens is 368 g/mol. The molecule has 1 aromatic heterocycles. The Kier molecular flexibility index (Phi) is 5.74. The normalized spacial score (nSPS) is 18.1. The van der Waals surface area contributed by atoms with E-state index in [4.69, 9.17) is 9.26 Å². The quantitative estimate of drug-likeness (QED) is 0.765. The minimum Gasteiger partial charge on any atom is -0.494 e. The van der Waals surface area contributed by atoms with E-state index in [-0.39, 0.29) is 11.8 Å². The fraction of sp³-hybridized carbons (Fsp3) is 0.591. The minimum atomic E-state index is 0.00692. The van der Waals surface area contributed by atoms with Crippen molar-refractivity contribution in [3.8, 4) is 5.75 Å². The highest BCUT2D eigenvalue weighted by atomic mass is 16.5. The highest BCUT2D eigenvalue weighted by molar-refractivity contribution is 5.98. The molecule has 2 aliphatic rings. The monoisotopic (exact) mass is 398 g/mol. The number of benzene rings is 1. The van der Waals surface area contributed by atoms with Crippen LogP contribution in [0.25, 0.3) is 0 Å². The van der Waals surface area contributed by atoms with Gasteiger partial charge in [-0.3, -0.25) is 4.79 Å². The van der Waals surface area contributed by atoms with Crippen molar-refractivity contribution in [1.29, 1.82) is 0 Å². The number of nitrogens with zero attached hydrogens (tertiary/aromatic N) is 3. The summed E-state index contributed by atoms with van der Waals surface area (Å²) >= 11 is 0. The third kappa shape index (κ3) is 4.38. The van der Waals surface area contributed by atoms with Gasteiger partial charge in [0.2, 0.25) is 0 Å². The third-order valence-corrected chi connectivity index (χ3v) is 6.16. The van der Waals surface area contributed by atoms with Gasteiger partial charge in [0, 0.05) is 31.1 Å². The van der Waals surface area contributed by atoms with Gasteiger partial charge in [0.1, 0.15) is 5.75 Å². The van der Waals surface area contributed by atoms with E-state index in [1.165, 1.54) is 0 Å². The molecule has 1 atom stereocenters. The number of hydrogen-bond donors (Lipinski definition) is 1. The average Bonchev–Trinajstić information content (AvgIpc) is 3.36. The number of hydrogen-bond acceptors (Lipinski definition) is 6. The molecule has 0 spiro atoms. The van der Waals surface area contributed by atoms with Crippen molar-refractivity contribution in [3.05, 3.63) is 35.2 Å². The SMILES string of the molecule is CC(C)c1noc(N2CCC([C@H](C)CCOc3ccc4c(c3)CNC4=O)CC2)n1. The van der Waals surface area contributed by atoms with Gasteiger partial charge in [-0.15, -0.1) is 0 Å². The number of piperidine rings is 1. The summed E-state index contributed by atoms with van der Waals surface area (Å²) < 4.78 is 11.4. The Morgan fingerprint density at radius 3 is 2.79 bits per heavy atom. The second-order valence-electron chi connectivity index (χ2n) is 8.53. The molecule has 1 fully saturated rings. The van der Waals surface area contributed by atoms with Crippen LogP contribution in [0.5, 0.6) is 5.75 Å². The number of fused-ring (bicyclic) bond motifs is 1. The molecule has 1 aromatic carbocycles. The van der Waals surface area contributed by atoms with E-state index in [1.54, 1.807) is 0 Å². The van der Waals surface area contributed by atoms with Gasteiger partial charge < -0.3 is 19.5 Å². The molecular formula is C22H30N4O3. The van der Waals surface area contributed by atoms with Gasteiger partial charge in [0.25, 0.3) is 5.91 Å². The summed E-state index contributed by atoms with van der Waals surface area (Å²) in [5.74, 6) is 3.20. The number of amides is 1. The van der Waals surface area contributed by atoms with Crippen molar-refractivity contribution in [2.75, 3.05) is 24.6 Å². The van der Waals surface area contributed by atoms with Crippen LogP contribution in [0.2, 0.25) is 0 Å². The Bertz CT molecular complexity index is 855. The number of anilines is 1. The number of aromatic nitrogens is 2. The second-order valence-corrected chi connectivity index (χ2v) is 8.53. The lowest BCUT2D eigenvalue weighted by atomic mass is 9.84. The van der Waals surface area contributed by atoms with Gasteiger partial charge in [-0.1, -0.05) is 25.9 Å². The smallest absolute Gasteiger partial charge is 0.324 e. The van der Waals surface area contributed by atoms with Crippen LogP contribution >= 0.6 is 0 Å². The molecule has 0 saturated carbocycles. The standard InChI is InChI=1S/C22H30N4O3/c1-14(2)20-24-22(29-25-20)26-9-6-16(7-10-26)15(3)8-11-28-18-4-5-19-17(12-18)13-23-21(19)27/h4-5,12,14-16H,6-11,13H2,1-3H3,(H,23,27)/t15-/m1/s1. The zero-order valence-corrected chi connectivity index (χ0v) is 17.5. The van der Waals surface area contributed by atoms with E-state index in [1.807, 2.05) is 18.2 Å². The van der Waals surface area contributed by atoms with Crippen LogP contribution in [0.3, 0.4) is 0 Å². The van der Waals surface area contributed by atoms with E-state index in [2.05, 4.69) is 41.1 Å². The number of carbonyl (C=O) groups is 1. The lowest BCUT2D eigenvalue weighted by Crippen LogP contribution is -2.36. The van der Waals surface area contributed by atoms with Crippen LogP contribution in [-0.4, -0.2) is 35.7 Å². The van der Waals surface area contributed by atoms with E-state index in [0.29, 0.717) is 31.0 Å². The molecule has 3 heterocycles. The molecule has 2 aromatic rings. The number of nitrogens with one attached hydrogen (secondary N) is 1. The first-order valence-electron chi connectivity index (χ1n) is 10.6. The zero-order chi connectivity index (χ0) is 20.4. The molecule has 29 heavy (non-hydrogen) atoms. The topological polar surface area (TPSA) is 80.5 Å². The van der Waals surface area contributed by atoms with Gasteiger partial charge in [-0.2, -0.15) is 4.98 Å². The Hall–Kier alpha value is -2.57. The van der Waals surface area contributed by atoms with Gasteiger partial charge >= 0.3 is 6.01 Å².